The molecule has 0 aliphatic carbocycles. The Morgan fingerprint density at radius 2 is 1.56 bits per heavy atom. The summed E-state index contributed by atoms with van der Waals surface area (Å²) < 4.78 is 0. The van der Waals surface area contributed by atoms with Gasteiger partial charge in [-0.05, 0) is 47.1 Å². The maximum absolute atomic E-state index is 13.4. The van der Waals surface area contributed by atoms with E-state index < -0.39 is 0 Å². The Bertz CT molecular complexity index is 967. The van der Waals surface area contributed by atoms with Gasteiger partial charge in [-0.15, -0.1) is 0 Å². The molecule has 5 rings (SSSR count). The molecule has 2 nitrogen and oxygen atoms in total. The van der Waals surface area contributed by atoms with E-state index in [-0.39, 0.29) is 5.91 Å². The minimum atomic E-state index is 0.126. The van der Waals surface area contributed by atoms with Crippen molar-refractivity contribution in [2.75, 3.05) is 16.4 Å². The lowest BCUT2D eigenvalue weighted by Crippen LogP contribution is -2.41. The number of amides is 1. The Balaban J connectivity index is 1.48. The third-order valence-corrected chi connectivity index (χ3v) is 6.82. The number of thioether (sulfide) groups is 1. The van der Waals surface area contributed by atoms with Crippen molar-refractivity contribution in [3.63, 3.8) is 0 Å². The lowest BCUT2D eigenvalue weighted by atomic mass is 9.95. The number of carbonyl (C=O) groups is 1. The van der Waals surface area contributed by atoms with E-state index in [0.717, 1.165) is 34.7 Å². The molecule has 1 amide bonds. The van der Waals surface area contributed by atoms with Crippen LogP contribution in [-0.4, -0.2) is 23.5 Å². The van der Waals surface area contributed by atoms with Gasteiger partial charge >= 0.3 is 0 Å². The van der Waals surface area contributed by atoms with Crippen molar-refractivity contribution in [2.24, 2.45) is 0 Å². The van der Waals surface area contributed by atoms with Gasteiger partial charge in [0.2, 0.25) is 0 Å². The molecule has 1 saturated heterocycles. The second-order valence-electron chi connectivity index (χ2n) is 7.21. The summed E-state index contributed by atoms with van der Waals surface area (Å²) in [5, 5.41) is 0. The molecule has 1 fully saturated rings. The third-order valence-electron chi connectivity index (χ3n) is 5.71. The maximum Gasteiger partial charge on any atom is 0.258 e. The molecular weight excluding hydrogens is 350 g/mol. The number of hydrogen-bond donors (Lipinski definition) is 0. The zero-order valence-corrected chi connectivity index (χ0v) is 15.9. The monoisotopic (exact) mass is 371 g/mol. The van der Waals surface area contributed by atoms with E-state index in [9.17, 15) is 4.79 Å². The molecule has 0 saturated carbocycles. The number of carbonyl (C=O) groups excluding carboxylic acids is 1. The van der Waals surface area contributed by atoms with Crippen LogP contribution >= 0.6 is 11.8 Å². The Labute approximate surface area is 164 Å². The van der Waals surface area contributed by atoms with Crippen LogP contribution in [0.4, 0.5) is 5.69 Å². The third kappa shape index (κ3) is 2.87. The summed E-state index contributed by atoms with van der Waals surface area (Å²) in [7, 11) is 0. The minimum absolute atomic E-state index is 0.126. The summed E-state index contributed by atoms with van der Waals surface area (Å²) in [5.41, 5.74) is 5.52. The molecule has 3 heteroatoms. The van der Waals surface area contributed by atoms with Crippen LogP contribution in [0.2, 0.25) is 0 Å². The Kier molecular flexibility index (Phi) is 4.25. The Hall–Kier alpha value is -2.52. The van der Waals surface area contributed by atoms with Crippen molar-refractivity contribution in [3.8, 4) is 11.1 Å². The molecule has 2 heterocycles. The van der Waals surface area contributed by atoms with Gasteiger partial charge in [-0.2, -0.15) is 11.8 Å². The van der Waals surface area contributed by atoms with E-state index in [1.54, 1.807) is 0 Å². The SMILES string of the molecule is O=C(c1ccc(-c2ccccc2)cc1)N1c2ccccc2C2CSCCC21. The predicted molar refractivity (Wildman–Crippen MR) is 114 cm³/mol. The number of nitrogens with zero attached hydrogens (tertiary/aromatic N) is 1. The van der Waals surface area contributed by atoms with Gasteiger partial charge < -0.3 is 4.90 Å². The highest BCUT2D eigenvalue weighted by atomic mass is 32.2. The summed E-state index contributed by atoms with van der Waals surface area (Å²) in [5.74, 6) is 2.83. The predicted octanol–water partition coefficient (Wildman–Crippen LogP) is 5.60. The number of benzene rings is 3. The summed E-state index contributed by atoms with van der Waals surface area (Å²) in [6.45, 7) is 0. The molecular formula is C24H21NOS. The topological polar surface area (TPSA) is 20.3 Å². The smallest absolute Gasteiger partial charge is 0.258 e. The Morgan fingerprint density at radius 3 is 2.37 bits per heavy atom. The molecule has 3 aromatic carbocycles. The van der Waals surface area contributed by atoms with Crippen LogP contribution in [0.3, 0.4) is 0 Å². The number of fused-ring (bicyclic) bond motifs is 3. The van der Waals surface area contributed by atoms with Crippen LogP contribution in [0.1, 0.15) is 28.3 Å². The van der Waals surface area contributed by atoms with Crippen LogP contribution < -0.4 is 4.90 Å². The van der Waals surface area contributed by atoms with Crippen LogP contribution in [0.25, 0.3) is 11.1 Å². The van der Waals surface area contributed by atoms with Gasteiger partial charge in [0.25, 0.3) is 5.91 Å². The van der Waals surface area contributed by atoms with Crippen LogP contribution in [0.5, 0.6) is 0 Å². The first-order chi connectivity index (χ1) is 13.3. The fraction of sp³-hybridized carbons (Fsp3) is 0.208. The highest BCUT2D eigenvalue weighted by molar-refractivity contribution is 7.99. The van der Waals surface area contributed by atoms with E-state index in [2.05, 4.69) is 47.4 Å². The van der Waals surface area contributed by atoms with E-state index >= 15 is 0 Å². The molecule has 0 aromatic heterocycles. The van der Waals surface area contributed by atoms with Crippen LogP contribution in [-0.2, 0) is 0 Å². The van der Waals surface area contributed by atoms with Crippen LogP contribution in [0, 0.1) is 0 Å². The minimum Gasteiger partial charge on any atom is -0.304 e. The molecule has 0 N–H and O–H groups in total. The first-order valence-electron chi connectivity index (χ1n) is 9.48. The largest absolute Gasteiger partial charge is 0.304 e. The van der Waals surface area contributed by atoms with Crippen molar-refractivity contribution in [3.05, 3.63) is 90.0 Å². The van der Waals surface area contributed by atoms with Gasteiger partial charge in [0.15, 0.2) is 0 Å². The van der Waals surface area contributed by atoms with E-state index in [4.69, 9.17) is 0 Å². The van der Waals surface area contributed by atoms with E-state index in [1.165, 1.54) is 11.1 Å². The standard InChI is InChI=1S/C24H21NOS/c26-24(19-12-10-18(11-13-19)17-6-2-1-3-7-17)25-22-9-5-4-8-20(22)21-16-27-15-14-23(21)25/h1-13,21,23H,14-16H2. The highest BCUT2D eigenvalue weighted by Gasteiger charge is 2.42. The van der Waals surface area contributed by atoms with Gasteiger partial charge in [-0.3, -0.25) is 4.79 Å². The van der Waals surface area contributed by atoms with Gasteiger partial charge in [0.05, 0.1) is 0 Å². The van der Waals surface area contributed by atoms with Gasteiger partial charge in [0, 0.05) is 29.0 Å². The summed E-state index contributed by atoms with van der Waals surface area (Å²) in [6.07, 6.45) is 1.07. The summed E-state index contributed by atoms with van der Waals surface area (Å²) in [4.78, 5) is 15.5. The van der Waals surface area contributed by atoms with Crippen molar-refractivity contribution >= 4 is 23.4 Å². The molecule has 2 unspecified atom stereocenters. The molecule has 0 spiro atoms. The van der Waals surface area contributed by atoms with Crippen molar-refractivity contribution in [1.82, 2.24) is 0 Å². The lowest BCUT2D eigenvalue weighted by molar-refractivity contribution is 0.0977. The quantitative estimate of drug-likeness (QED) is 0.584. The fourth-order valence-electron chi connectivity index (χ4n) is 4.37. The first-order valence-corrected chi connectivity index (χ1v) is 10.6. The number of anilines is 1. The van der Waals surface area contributed by atoms with Crippen molar-refractivity contribution in [2.45, 2.75) is 18.4 Å². The molecule has 2 atom stereocenters. The molecule has 0 radical (unpaired) electrons. The van der Waals surface area contributed by atoms with Crippen molar-refractivity contribution in [1.29, 1.82) is 0 Å². The second kappa shape index (κ2) is 6.90. The zero-order chi connectivity index (χ0) is 18.2. The average Bonchev–Trinajstić information content (AvgIpc) is 3.08. The molecule has 3 aromatic rings. The van der Waals surface area contributed by atoms with Crippen LogP contribution in [0.15, 0.2) is 78.9 Å². The van der Waals surface area contributed by atoms with E-state index in [0.29, 0.717) is 12.0 Å². The number of rotatable bonds is 2. The fourth-order valence-corrected chi connectivity index (χ4v) is 5.60. The molecule has 134 valence electrons. The molecule has 2 aliphatic rings. The Morgan fingerprint density at radius 1 is 0.852 bits per heavy atom. The highest BCUT2D eigenvalue weighted by Crippen LogP contribution is 2.47. The average molecular weight is 372 g/mol. The summed E-state index contributed by atoms with van der Waals surface area (Å²) >= 11 is 2.01. The number of hydrogen-bond acceptors (Lipinski definition) is 2. The second-order valence-corrected chi connectivity index (χ2v) is 8.36. The lowest BCUT2D eigenvalue weighted by Gasteiger charge is -2.32. The molecule has 0 bridgehead atoms. The first kappa shape index (κ1) is 16.6. The maximum atomic E-state index is 13.4. The summed E-state index contributed by atoms with van der Waals surface area (Å²) in [6, 6.07) is 27.1. The van der Waals surface area contributed by atoms with Gasteiger partial charge in [0.1, 0.15) is 0 Å². The normalized spacial score (nSPS) is 20.8. The van der Waals surface area contributed by atoms with Gasteiger partial charge in [-0.25, -0.2) is 0 Å². The van der Waals surface area contributed by atoms with Gasteiger partial charge in [-0.1, -0.05) is 60.7 Å². The molecule has 2 aliphatic heterocycles. The van der Waals surface area contributed by atoms with Crippen molar-refractivity contribution < 1.29 is 4.79 Å². The number of para-hydroxylation sites is 1. The molecule has 27 heavy (non-hydrogen) atoms. The van der Waals surface area contributed by atoms with E-state index in [1.807, 2.05) is 48.2 Å². The zero-order valence-electron chi connectivity index (χ0n) is 15.0.